The first-order chi connectivity index (χ1) is 11.1. The number of urea groups is 1. The van der Waals surface area contributed by atoms with Crippen molar-refractivity contribution in [3.05, 3.63) is 29.3 Å². The SMILES string of the molecule is CCCC(=O)NC(CNC(N)=O)Cc1ccc(O)c(C(C)(C)C)c1. The third kappa shape index (κ3) is 6.48. The van der Waals surface area contributed by atoms with Crippen LogP contribution in [0.2, 0.25) is 0 Å². The second-order valence-corrected chi connectivity index (χ2v) is 7.07. The van der Waals surface area contributed by atoms with Gasteiger partial charge in [-0.05, 0) is 35.4 Å². The zero-order chi connectivity index (χ0) is 18.3. The fraction of sp³-hybridized carbons (Fsp3) is 0.556. The third-order valence-corrected chi connectivity index (χ3v) is 3.72. The fourth-order valence-electron chi connectivity index (χ4n) is 2.52. The van der Waals surface area contributed by atoms with Crippen LogP contribution in [0.5, 0.6) is 5.75 Å². The van der Waals surface area contributed by atoms with Gasteiger partial charge in [-0.3, -0.25) is 4.79 Å². The van der Waals surface area contributed by atoms with Crippen molar-refractivity contribution in [2.24, 2.45) is 5.73 Å². The number of phenolic OH excluding ortho intramolecular Hbond substituents is 1. The Balaban J connectivity index is 2.92. The summed E-state index contributed by atoms with van der Waals surface area (Å²) in [5.74, 6) is 0.205. The van der Waals surface area contributed by atoms with Crippen molar-refractivity contribution >= 4 is 11.9 Å². The number of hydrogen-bond acceptors (Lipinski definition) is 3. The molecule has 24 heavy (non-hydrogen) atoms. The quantitative estimate of drug-likeness (QED) is 0.614. The summed E-state index contributed by atoms with van der Waals surface area (Å²) in [7, 11) is 0. The molecule has 0 spiro atoms. The lowest BCUT2D eigenvalue weighted by molar-refractivity contribution is -0.121. The molecule has 1 rings (SSSR count). The molecule has 1 unspecified atom stereocenters. The largest absolute Gasteiger partial charge is 0.508 e. The number of rotatable bonds is 7. The van der Waals surface area contributed by atoms with Crippen LogP contribution in [-0.2, 0) is 16.6 Å². The molecule has 0 heterocycles. The summed E-state index contributed by atoms with van der Waals surface area (Å²) >= 11 is 0. The van der Waals surface area contributed by atoms with Gasteiger partial charge in [-0.1, -0.05) is 39.8 Å². The monoisotopic (exact) mass is 335 g/mol. The number of carbonyl (C=O) groups excluding carboxylic acids is 2. The third-order valence-electron chi connectivity index (χ3n) is 3.72. The van der Waals surface area contributed by atoms with Crippen molar-refractivity contribution in [2.75, 3.05) is 6.54 Å². The van der Waals surface area contributed by atoms with Gasteiger partial charge in [0.15, 0.2) is 0 Å². The van der Waals surface area contributed by atoms with E-state index in [0.717, 1.165) is 17.5 Å². The average Bonchev–Trinajstić information content (AvgIpc) is 2.45. The minimum absolute atomic E-state index is 0.0522. The molecule has 1 atom stereocenters. The second kappa shape index (κ2) is 8.57. The van der Waals surface area contributed by atoms with Crippen molar-refractivity contribution in [2.45, 2.75) is 58.4 Å². The van der Waals surface area contributed by atoms with Gasteiger partial charge in [0, 0.05) is 13.0 Å². The zero-order valence-corrected chi connectivity index (χ0v) is 15.0. The molecule has 0 fully saturated rings. The molecule has 0 aliphatic heterocycles. The molecule has 134 valence electrons. The maximum Gasteiger partial charge on any atom is 0.312 e. The van der Waals surface area contributed by atoms with Gasteiger partial charge in [-0.25, -0.2) is 4.79 Å². The smallest absolute Gasteiger partial charge is 0.312 e. The van der Waals surface area contributed by atoms with E-state index in [-0.39, 0.29) is 29.7 Å². The van der Waals surface area contributed by atoms with E-state index in [4.69, 9.17) is 5.73 Å². The van der Waals surface area contributed by atoms with Gasteiger partial charge in [0.25, 0.3) is 0 Å². The van der Waals surface area contributed by atoms with E-state index in [1.807, 2.05) is 39.8 Å². The highest BCUT2D eigenvalue weighted by atomic mass is 16.3. The van der Waals surface area contributed by atoms with Crippen molar-refractivity contribution in [3.8, 4) is 5.75 Å². The maximum atomic E-state index is 11.9. The van der Waals surface area contributed by atoms with Gasteiger partial charge in [0.2, 0.25) is 5.91 Å². The number of carbonyl (C=O) groups is 2. The Morgan fingerprint density at radius 3 is 2.50 bits per heavy atom. The van der Waals surface area contributed by atoms with E-state index >= 15 is 0 Å². The van der Waals surface area contributed by atoms with Crippen LogP contribution in [0.25, 0.3) is 0 Å². The van der Waals surface area contributed by atoms with Crippen LogP contribution in [0.3, 0.4) is 0 Å². The number of amides is 3. The minimum atomic E-state index is -0.620. The van der Waals surface area contributed by atoms with Crippen molar-refractivity contribution in [1.29, 1.82) is 0 Å². The molecule has 0 saturated heterocycles. The van der Waals surface area contributed by atoms with E-state index < -0.39 is 6.03 Å². The molecule has 0 bridgehead atoms. The van der Waals surface area contributed by atoms with Crippen LogP contribution in [0.4, 0.5) is 4.79 Å². The first kappa shape index (κ1) is 19.8. The van der Waals surface area contributed by atoms with E-state index in [1.54, 1.807) is 6.07 Å². The molecule has 1 aromatic carbocycles. The summed E-state index contributed by atoms with van der Waals surface area (Å²) in [6.45, 7) is 8.28. The summed E-state index contributed by atoms with van der Waals surface area (Å²) in [4.78, 5) is 22.8. The fourth-order valence-corrected chi connectivity index (χ4v) is 2.52. The molecule has 5 N–H and O–H groups in total. The van der Waals surface area contributed by atoms with Crippen LogP contribution in [0.15, 0.2) is 18.2 Å². The lowest BCUT2D eigenvalue weighted by atomic mass is 9.85. The summed E-state index contributed by atoms with van der Waals surface area (Å²) < 4.78 is 0. The Kier molecular flexibility index (Phi) is 7.07. The van der Waals surface area contributed by atoms with E-state index in [2.05, 4.69) is 10.6 Å². The number of benzene rings is 1. The average molecular weight is 335 g/mol. The first-order valence-corrected chi connectivity index (χ1v) is 8.28. The van der Waals surface area contributed by atoms with Gasteiger partial charge in [-0.15, -0.1) is 0 Å². The standard InChI is InChI=1S/C18H29N3O3/c1-5-6-16(23)21-13(11-20-17(19)24)9-12-7-8-15(22)14(10-12)18(2,3)4/h7-8,10,13,22H,5-6,9,11H2,1-4H3,(H,21,23)(H3,19,20,24). The van der Waals surface area contributed by atoms with Gasteiger partial charge < -0.3 is 21.5 Å². The van der Waals surface area contributed by atoms with Crippen molar-refractivity contribution in [3.63, 3.8) is 0 Å². The Hall–Kier alpha value is -2.24. The van der Waals surface area contributed by atoms with Crippen LogP contribution >= 0.6 is 0 Å². The lowest BCUT2D eigenvalue weighted by Gasteiger charge is -2.23. The predicted molar refractivity (Wildman–Crippen MR) is 94.9 cm³/mol. The van der Waals surface area contributed by atoms with E-state index in [1.165, 1.54) is 0 Å². The van der Waals surface area contributed by atoms with Crippen LogP contribution in [0.1, 0.15) is 51.7 Å². The van der Waals surface area contributed by atoms with Gasteiger partial charge >= 0.3 is 6.03 Å². The zero-order valence-electron chi connectivity index (χ0n) is 15.0. The number of aromatic hydroxyl groups is 1. The Bertz CT molecular complexity index is 579. The predicted octanol–water partition coefficient (Wildman–Crippen LogP) is 2.19. The number of hydrogen-bond donors (Lipinski definition) is 4. The Labute approximate surface area is 143 Å². The van der Waals surface area contributed by atoms with Crippen LogP contribution in [0, 0.1) is 0 Å². The van der Waals surface area contributed by atoms with Gasteiger partial charge in [-0.2, -0.15) is 0 Å². The normalized spacial score (nSPS) is 12.5. The summed E-state index contributed by atoms with van der Waals surface area (Å²) in [6, 6.07) is 4.56. The number of primary amides is 1. The second-order valence-electron chi connectivity index (χ2n) is 7.07. The van der Waals surface area contributed by atoms with E-state index in [9.17, 15) is 14.7 Å². The highest BCUT2D eigenvalue weighted by Gasteiger charge is 2.20. The molecule has 0 radical (unpaired) electrons. The molecular formula is C18H29N3O3. The van der Waals surface area contributed by atoms with E-state index in [0.29, 0.717) is 12.8 Å². The molecule has 0 aliphatic carbocycles. The molecule has 6 nitrogen and oxygen atoms in total. The number of nitrogens with one attached hydrogen (secondary N) is 2. The highest BCUT2D eigenvalue weighted by Crippen LogP contribution is 2.31. The Morgan fingerprint density at radius 2 is 1.96 bits per heavy atom. The topological polar surface area (TPSA) is 104 Å². The first-order valence-electron chi connectivity index (χ1n) is 8.28. The van der Waals surface area contributed by atoms with Gasteiger partial charge in [0.1, 0.15) is 5.75 Å². The number of phenols is 1. The number of nitrogens with two attached hydrogens (primary N) is 1. The van der Waals surface area contributed by atoms with Gasteiger partial charge in [0.05, 0.1) is 6.04 Å². The molecule has 0 saturated carbocycles. The summed E-state index contributed by atoms with van der Waals surface area (Å²) in [6.07, 6.45) is 1.74. The molecule has 1 aromatic rings. The molecule has 0 aromatic heterocycles. The maximum absolute atomic E-state index is 11.9. The molecule has 3 amide bonds. The summed E-state index contributed by atoms with van der Waals surface area (Å²) in [5.41, 5.74) is 6.77. The molecular weight excluding hydrogens is 306 g/mol. The highest BCUT2D eigenvalue weighted by molar-refractivity contribution is 5.76. The Morgan fingerprint density at radius 1 is 1.29 bits per heavy atom. The molecule has 6 heteroatoms. The summed E-state index contributed by atoms with van der Waals surface area (Å²) in [5, 5.41) is 15.5. The van der Waals surface area contributed by atoms with Crippen molar-refractivity contribution < 1.29 is 14.7 Å². The lowest BCUT2D eigenvalue weighted by Crippen LogP contribution is -2.46. The van der Waals surface area contributed by atoms with Crippen LogP contribution in [-0.4, -0.2) is 29.6 Å². The van der Waals surface area contributed by atoms with Crippen molar-refractivity contribution in [1.82, 2.24) is 10.6 Å². The molecule has 0 aliphatic rings. The minimum Gasteiger partial charge on any atom is -0.508 e. The van der Waals surface area contributed by atoms with Crippen LogP contribution < -0.4 is 16.4 Å².